The van der Waals surface area contributed by atoms with Crippen LogP contribution in [0.15, 0.2) is 28.6 Å². The molecule has 124 valence electrons. The number of hydrogen-bond donors (Lipinski definition) is 1. The zero-order chi connectivity index (χ0) is 16.3. The Balaban J connectivity index is 1.65. The minimum atomic E-state index is -4.41. The molecule has 0 amide bonds. The van der Waals surface area contributed by atoms with Gasteiger partial charge < -0.3 is 10.1 Å². The molecule has 1 fully saturated rings. The van der Waals surface area contributed by atoms with Gasteiger partial charge in [0.2, 0.25) is 5.13 Å². The van der Waals surface area contributed by atoms with E-state index in [4.69, 9.17) is 4.74 Å². The van der Waals surface area contributed by atoms with Gasteiger partial charge in [-0.25, -0.2) is 0 Å². The second-order valence-electron chi connectivity index (χ2n) is 4.99. The summed E-state index contributed by atoms with van der Waals surface area (Å²) in [5, 5.41) is 11.0. The maximum atomic E-state index is 13.0. The van der Waals surface area contributed by atoms with Crippen LogP contribution in [0.1, 0.15) is 18.4 Å². The van der Waals surface area contributed by atoms with Gasteiger partial charge in [-0.1, -0.05) is 35.2 Å². The maximum Gasteiger partial charge on any atom is 0.418 e. The van der Waals surface area contributed by atoms with Crippen LogP contribution in [-0.2, 0) is 10.9 Å². The van der Waals surface area contributed by atoms with Crippen LogP contribution < -0.4 is 5.32 Å². The third-order valence-corrected chi connectivity index (χ3v) is 5.40. The molecule has 2 heterocycles. The topological polar surface area (TPSA) is 47.0 Å². The van der Waals surface area contributed by atoms with E-state index in [0.29, 0.717) is 9.47 Å². The molecular formula is C14H14F3N3OS2. The number of hydrogen-bond acceptors (Lipinski definition) is 6. The Labute approximate surface area is 139 Å². The minimum Gasteiger partial charge on any atom is -0.377 e. The van der Waals surface area contributed by atoms with E-state index in [0.717, 1.165) is 31.3 Å². The summed E-state index contributed by atoms with van der Waals surface area (Å²) >= 11 is 2.75. The van der Waals surface area contributed by atoms with Crippen LogP contribution >= 0.6 is 23.1 Å². The highest BCUT2D eigenvalue weighted by Crippen LogP contribution is 2.37. The Bertz CT molecular complexity index is 657. The summed E-state index contributed by atoms with van der Waals surface area (Å²) in [7, 11) is 0. The number of halogens is 3. The van der Waals surface area contributed by atoms with Crippen LogP contribution in [0.5, 0.6) is 0 Å². The zero-order valence-electron chi connectivity index (χ0n) is 12.0. The third-order valence-electron chi connectivity index (χ3n) is 3.30. The molecule has 23 heavy (non-hydrogen) atoms. The molecule has 2 aromatic rings. The van der Waals surface area contributed by atoms with E-state index < -0.39 is 11.7 Å². The maximum absolute atomic E-state index is 13.0. The summed E-state index contributed by atoms with van der Waals surface area (Å²) in [6.07, 6.45) is -2.07. The number of benzene rings is 1. The summed E-state index contributed by atoms with van der Waals surface area (Å²) in [5.41, 5.74) is -0.740. The van der Waals surface area contributed by atoms with Gasteiger partial charge in [-0.05, 0) is 25.0 Å². The molecule has 0 radical (unpaired) electrons. The molecule has 3 rings (SSSR count). The summed E-state index contributed by atoms with van der Waals surface area (Å²) in [6.45, 7) is 0.794. The number of para-hydroxylation sites is 1. The molecule has 1 saturated heterocycles. The molecule has 1 N–H and O–H groups in total. The van der Waals surface area contributed by atoms with Crippen molar-refractivity contribution in [3.05, 3.63) is 29.8 Å². The number of aromatic nitrogens is 2. The fraction of sp³-hybridized carbons (Fsp3) is 0.429. The number of nitrogens with zero attached hydrogens (tertiary/aromatic N) is 2. The Morgan fingerprint density at radius 3 is 2.87 bits per heavy atom. The standard InChI is InChI=1S/C14H14F3N3OS2/c15-14(16,17)10-5-1-2-6-11(10)18-12-19-20-13(23-12)22-8-9-4-3-7-21-9/h1-2,5-6,9H,3-4,7-8H2,(H,18,19)/t9-/m1/s1. The van der Waals surface area contributed by atoms with Crippen LogP contribution in [0, 0.1) is 0 Å². The zero-order valence-corrected chi connectivity index (χ0v) is 13.6. The molecular weight excluding hydrogens is 347 g/mol. The normalized spacial score (nSPS) is 18.3. The number of rotatable bonds is 5. The van der Waals surface area contributed by atoms with E-state index in [-0.39, 0.29) is 11.8 Å². The summed E-state index contributed by atoms with van der Waals surface area (Å²) < 4.78 is 45.1. The third kappa shape index (κ3) is 4.36. The largest absolute Gasteiger partial charge is 0.418 e. The van der Waals surface area contributed by atoms with Gasteiger partial charge in [0.15, 0.2) is 4.34 Å². The smallest absolute Gasteiger partial charge is 0.377 e. The highest BCUT2D eigenvalue weighted by Gasteiger charge is 2.33. The number of ether oxygens (including phenoxy) is 1. The van der Waals surface area contributed by atoms with Crippen molar-refractivity contribution in [3.63, 3.8) is 0 Å². The van der Waals surface area contributed by atoms with E-state index in [1.54, 1.807) is 6.07 Å². The molecule has 1 aromatic carbocycles. The highest BCUT2D eigenvalue weighted by atomic mass is 32.2. The molecule has 0 spiro atoms. The lowest BCUT2D eigenvalue weighted by Gasteiger charge is -2.12. The number of anilines is 2. The van der Waals surface area contributed by atoms with Gasteiger partial charge in [0.1, 0.15) is 0 Å². The first-order valence-electron chi connectivity index (χ1n) is 7.03. The lowest BCUT2D eigenvalue weighted by Crippen LogP contribution is -2.08. The first-order valence-corrected chi connectivity index (χ1v) is 8.84. The second-order valence-corrected chi connectivity index (χ2v) is 7.23. The fourth-order valence-electron chi connectivity index (χ4n) is 2.21. The molecule has 9 heteroatoms. The molecule has 4 nitrogen and oxygen atoms in total. The highest BCUT2D eigenvalue weighted by molar-refractivity contribution is 8.01. The monoisotopic (exact) mass is 361 g/mol. The van der Waals surface area contributed by atoms with Crippen molar-refractivity contribution in [2.45, 2.75) is 29.5 Å². The fourth-order valence-corrected chi connectivity index (χ4v) is 4.07. The van der Waals surface area contributed by atoms with Crippen molar-refractivity contribution in [2.75, 3.05) is 17.7 Å². The van der Waals surface area contributed by atoms with E-state index in [1.165, 1.54) is 35.2 Å². The molecule has 1 aliphatic heterocycles. The molecule has 0 unspecified atom stereocenters. The molecule has 1 aromatic heterocycles. The molecule has 0 saturated carbocycles. The van der Waals surface area contributed by atoms with E-state index in [2.05, 4.69) is 15.5 Å². The van der Waals surface area contributed by atoms with Gasteiger partial charge in [0, 0.05) is 12.4 Å². The molecule has 1 atom stereocenters. The van der Waals surface area contributed by atoms with Gasteiger partial charge >= 0.3 is 6.18 Å². The van der Waals surface area contributed by atoms with Gasteiger partial charge in [-0.15, -0.1) is 10.2 Å². The average Bonchev–Trinajstić information content (AvgIpc) is 3.16. The van der Waals surface area contributed by atoms with E-state index >= 15 is 0 Å². The second kappa shape index (κ2) is 7.06. The lowest BCUT2D eigenvalue weighted by atomic mass is 10.2. The van der Waals surface area contributed by atoms with Crippen LogP contribution in [0.2, 0.25) is 0 Å². The van der Waals surface area contributed by atoms with E-state index in [1.807, 2.05) is 0 Å². The van der Waals surface area contributed by atoms with E-state index in [9.17, 15) is 13.2 Å². The molecule has 0 bridgehead atoms. The van der Waals surface area contributed by atoms with Gasteiger partial charge in [-0.2, -0.15) is 13.2 Å². The predicted octanol–water partition coefficient (Wildman–Crippen LogP) is 4.57. The number of alkyl halides is 3. The Morgan fingerprint density at radius 2 is 2.13 bits per heavy atom. The molecule has 1 aliphatic rings. The quantitative estimate of drug-likeness (QED) is 0.791. The SMILES string of the molecule is FC(F)(F)c1ccccc1Nc1nnc(SC[C@H]2CCCO2)s1. The summed E-state index contributed by atoms with van der Waals surface area (Å²) in [4.78, 5) is 0. The van der Waals surface area contributed by atoms with Gasteiger partial charge in [0.25, 0.3) is 0 Å². The molecule has 0 aliphatic carbocycles. The summed E-state index contributed by atoms with van der Waals surface area (Å²) in [6, 6.07) is 5.32. The minimum absolute atomic E-state index is 0.0215. The van der Waals surface area contributed by atoms with Crippen molar-refractivity contribution < 1.29 is 17.9 Å². The van der Waals surface area contributed by atoms with Crippen molar-refractivity contribution in [2.24, 2.45) is 0 Å². The van der Waals surface area contributed by atoms with Crippen LogP contribution in [-0.4, -0.2) is 28.7 Å². The predicted molar refractivity (Wildman–Crippen MR) is 84.3 cm³/mol. The Kier molecular flexibility index (Phi) is 5.08. The number of thioether (sulfide) groups is 1. The first-order chi connectivity index (χ1) is 11.0. The average molecular weight is 361 g/mol. The van der Waals surface area contributed by atoms with Crippen molar-refractivity contribution in [1.29, 1.82) is 0 Å². The van der Waals surface area contributed by atoms with Crippen molar-refractivity contribution in [1.82, 2.24) is 10.2 Å². The van der Waals surface area contributed by atoms with Gasteiger partial charge in [0.05, 0.1) is 17.4 Å². The van der Waals surface area contributed by atoms with Gasteiger partial charge in [-0.3, -0.25) is 0 Å². The Morgan fingerprint density at radius 1 is 1.30 bits per heavy atom. The lowest BCUT2D eigenvalue weighted by molar-refractivity contribution is -0.136. The number of nitrogens with one attached hydrogen (secondary N) is 1. The first kappa shape index (κ1) is 16.5. The summed E-state index contributed by atoms with van der Waals surface area (Å²) in [5.74, 6) is 0.785. The van der Waals surface area contributed by atoms with Crippen LogP contribution in [0.3, 0.4) is 0 Å². The van der Waals surface area contributed by atoms with Crippen LogP contribution in [0.25, 0.3) is 0 Å². The van der Waals surface area contributed by atoms with Crippen LogP contribution in [0.4, 0.5) is 24.0 Å². The van der Waals surface area contributed by atoms with Crippen molar-refractivity contribution in [3.8, 4) is 0 Å². The Hall–Kier alpha value is -1.32. The van der Waals surface area contributed by atoms with Crippen molar-refractivity contribution >= 4 is 33.9 Å².